The van der Waals surface area contributed by atoms with Crippen LogP contribution in [0.25, 0.3) is 72.4 Å². The van der Waals surface area contributed by atoms with Crippen molar-refractivity contribution < 1.29 is 4.42 Å². The molecular formula is C50H51N3O. The lowest BCUT2D eigenvalue weighted by Crippen LogP contribution is -2.13. The number of furan rings is 1. The molecule has 3 heterocycles. The zero-order valence-electron chi connectivity index (χ0n) is 33.4. The van der Waals surface area contributed by atoms with Gasteiger partial charge in [-0.15, -0.1) is 0 Å². The summed E-state index contributed by atoms with van der Waals surface area (Å²) >= 11 is 0. The van der Waals surface area contributed by atoms with Gasteiger partial charge in [-0.2, -0.15) is 0 Å². The quantitative estimate of drug-likeness (QED) is 0.173. The summed E-state index contributed by atoms with van der Waals surface area (Å²) in [5.41, 5.74) is 15.2. The number of pyridine rings is 1. The molecule has 0 aliphatic heterocycles. The second kappa shape index (κ2) is 13.1. The second-order valence-electron chi connectivity index (χ2n) is 17.5. The van der Waals surface area contributed by atoms with E-state index in [0.717, 1.165) is 61.3 Å². The smallest absolute Gasteiger partial charge is 0.149 e. The fourth-order valence-electron chi connectivity index (χ4n) is 7.90. The maximum atomic E-state index is 7.07. The molecule has 0 amide bonds. The van der Waals surface area contributed by atoms with E-state index in [1.54, 1.807) is 0 Å². The van der Waals surface area contributed by atoms with Gasteiger partial charge < -0.3 is 4.42 Å². The van der Waals surface area contributed by atoms with E-state index in [9.17, 15) is 0 Å². The molecule has 0 N–H and O–H groups in total. The Morgan fingerprint density at radius 1 is 0.593 bits per heavy atom. The lowest BCUT2D eigenvalue weighted by molar-refractivity contribution is 0.570. The Hall–Kier alpha value is -5.48. The van der Waals surface area contributed by atoms with Gasteiger partial charge in [-0.25, -0.2) is 4.98 Å². The van der Waals surface area contributed by atoms with E-state index in [2.05, 4.69) is 189 Å². The van der Waals surface area contributed by atoms with E-state index < -0.39 is 0 Å². The van der Waals surface area contributed by atoms with Crippen LogP contribution in [0.3, 0.4) is 0 Å². The van der Waals surface area contributed by atoms with Crippen molar-refractivity contribution in [3.8, 4) is 39.5 Å². The molecule has 0 aliphatic carbocycles. The third kappa shape index (κ3) is 6.12. The highest BCUT2D eigenvalue weighted by molar-refractivity contribution is 6.12. The summed E-state index contributed by atoms with van der Waals surface area (Å²) in [6.07, 6.45) is 0. The summed E-state index contributed by atoms with van der Waals surface area (Å²) in [4.78, 5) is 10.5. The molecule has 3 aromatic heterocycles. The van der Waals surface area contributed by atoms with Crippen LogP contribution < -0.4 is 0 Å². The number of imidazole rings is 1. The lowest BCUT2D eigenvalue weighted by atomic mass is 9.83. The first-order chi connectivity index (χ1) is 25.7. The Bertz CT molecular complexity index is 2650. The predicted octanol–water partition coefficient (Wildman–Crippen LogP) is 14.2. The topological polar surface area (TPSA) is 43.9 Å². The van der Waals surface area contributed by atoms with Crippen molar-refractivity contribution in [3.63, 3.8) is 0 Å². The average molecular weight is 710 g/mol. The Balaban J connectivity index is 1.43. The highest BCUT2D eigenvalue weighted by Crippen LogP contribution is 2.45. The van der Waals surface area contributed by atoms with Crippen LogP contribution in [0.2, 0.25) is 0 Å². The minimum atomic E-state index is -0.113. The van der Waals surface area contributed by atoms with E-state index in [1.165, 1.54) is 33.5 Å². The molecule has 272 valence electrons. The normalized spacial score (nSPS) is 12.6. The molecule has 0 saturated carbocycles. The fourth-order valence-corrected chi connectivity index (χ4v) is 7.90. The predicted molar refractivity (Wildman–Crippen MR) is 228 cm³/mol. The van der Waals surface area contributed by atoms with Crippen molar-refractivity contribution in [2.75, 3.05) is 0 Å². The van der Waals surface area contributed by atoms with Crippen LogP contribution in [0, 0.1) is 0 Å². The lowest BCUT2D eigenvalue weighted by Gasteiger charge is -2.25. The van der Waals surface area contributed by atoms with Crippen molar-refractivity contribution in [2.45, 2.75) is 91.9 Å². The summed E-state index contributed by atoms with van der Waals surface area (Å²) in [5, 5.41) is 2.25. The number of aromatic nitrogens is 3. The van der Waals surface area contributed by atoms with E-state index in [4.69, 9.17) is 14.4 Å². The van der Waals surface area contributed by atoms with Gasteiger partial charge in [0.1, 0.15) is 17.0 Å². The Morgan fingerprint density at radius 2 is 1.28 bits per heavy atom. The maximum absolute atomic E-state index is 7.07. The number of rotatable bonds is 6. The first-order valence-electron chi connectivity index (χ1n) is 19.4. The highest BCUT2D eigenvalue weighted by atomic mass is 16.3. The number of hydrogen-bond acceptors (Lipinski definition) is 3. The van der Waals surface area contributed by atoms with Crippen molar-refractivity contribution in [1.29, 1.82) is 0 Å². The van der Waals surface area contributed by atoms with Crippen LogP contribution in [-0.4, -0.2) is 14.5 Å². The number of nitrogens with zero attached hydrogens (tertiary/aromatic N) is 3. The molecule has 54 heavy (non-hydrogen) atoms. The number of hydrogen-bond donors (Lipinski definition) is 0. The molecule has 4 heteroatoms. The van der Waals surface area contributed by atoms with Gasteiger partial charge in [0.25, 0.3) is 0 Å². The first-order valence-corrected chi connectivity index (χ1v) is 19.4. The van der Waals surface area contributed by atoms with Crippen LogP contribution in [-0.2, 0) is 10.8 Å². The van der Waals surface area contributed by atoms with E-state index in [0.29, 0.717) is 0 Å². The van der Waals surface area contributed by atoms with Crippen molar-refractivity contribution in [2.24, 2.45) is 0 Å². The van der Waals surface area contributed by atoms with Crippen LogP contribution >= 0.6 is 0 Å². The summed E-state index contributed by atoms with van der Waals surface area (Å²) in [5.74, 6) is 1.43. The standard InChI is InChI=1S/C50H51N3O/c1-30(2)37-27-34(32-17-12-11-13-18-32)28-38(31(3)4)46(37)53-42-21-15-14-19-41(42)52-48(53)36-25-26-39(49(5,6)7)45-35-24-23-33(29-43(35)54-47(36)45)40-20-16-22-44(51-40)50(8,9)10/h11-31H,1-10H3. The zero-order valence-corrected chi connectivity index (χ0v) is 33.4. The van der Waals surface area contributed by atoms with Crippen molar-refractivity contribution in [1.82, 2.24) is 14.5 Å². The molecule has 0 radical (unpaired) electrons. The zero-order chi connectivity index (χ0) is 38.1. The monoisotopic (exact) mass is 709 g/mol. The van der Waals surface area contributed by atoms with Gasteiger partial charge >= 0.3 is 0 Å². The van der Waals surface area contributed by atoms with Crippen molar-refractivity contribution >= 4 is 33.0 Å². The Kier molecular flexibility index (Phi) is 8.64. The minimum Gasteiger partial charge on any atom is -0.455 e. The molecule has 8 aromatic rings. The summed E-state index contributed by atoms with van der Waals surface area (Å²) in [6, 6.07) is 41.5. The fraction of sp³-hybridized carbons (Fsp3) is 0.280. The molecule has 0 bridgehead atoms. The van der Waals surface area contributed by atoms with E-state index in [-0.39, 0.29) is 22.7 Å². The molecule has 0 atom stereocenters. The minimum absolute atomic E-state index is 0.0474. The maximum Gasteiger partial charge on any atom is 0.149 e. The average Bonchev–Trinajstić information content (AvgIpc) is 3.72. The summed E-state index contributed by atoms with van der Waals surface area (Å²) < 4.78 is 9.49. The van der Waals surface area contributed by atoms with Gasteiger partial charge in [0, 0.05) is 27.4 Å². The largest absolute Gasteiger partial charge is 0.455 e. The molecule has 0 fully saturated rings. The molecule has 5 aromatic carbocycles. The van der Waals surface area contributed by atoms with E-state index >= 15 is 0 Å². The molecule has 0 unspecified atom stereocenters. The SMILES string of the molecule is CC(C)c1cc(-c2ccccc2)cc(C(C)C)c1-n1c(-c2ccc(C(C)(C)C)c3c2oc2cc(-c4cccc(C(C)(C)C)n4)ccc23)nc2ccccc21. The third-order valence-electron chi connectivity index (χ3n) is 10.8. The third-order valence-corrected chi connectivity index (χ3v) is 10.8. The number of para-hydroxylation sites is 2. The van der Waals surface area contributed by atoms with Gasteiger partial charge in [0.15, 0.2) is 0 Å². The second-order valence-corrected chi connectivity index (χ2v) is 17.5. The van der Waals surface area contributed by atoms with E-state index in [1.807, 2.05) is 0 Å². The van der Waals surface area contributed by atoms with Gasteiger partial charge in [0.05, 0.1) is 28.0 Å². The van der Waals surface area contributed by atoms with Crippen molar-refractivity contribution in [3.05, 3.63) is 138 Å². The molecule has 0 spiro atoms. The molecule has 0 saturated heterocycles. The van der Waals surface area contributed by atoms with Gasteiger partial charge in [-0.05, 0) is 99.7 Å². The van der Waals surface area contributed by atoms with Crippen LogP contribution in [0.5, 0.6) is 0 Å². The first kappa shape index (κ1) is 35.5. The Morgan fingerprint density at radius 3 is 1.94 bits per heavy atom. The molecular weight excluding hydrogens is 659 g/mol. The van der Waals surface area contributed by atoms with Crippen LogP contribution in [0.4, 0.5) is 0 Å². The number of benzene rings is 5. The van der Waals surface area contributed by atoms with Crippen LogP contribution in [0.1, 0.15) is 103 Å². The Labute approximate surface area is 319 Å². The number of fused-ring (bicyclic) bond motifs is 4. The molecule has 8 rings (SSSR count). The highest BCUT2D eigenvalue weighted by Gasteiger charge is 2.28. The summed E-state index contributed by atoms with van der Waals surface area (Å²) in [7, 11) is 0. The summed E-state index contributed by atoms with van der Waals surface area (Å²) in [6.45, 7) is 22.7. The van der Waals surface area contributed by atoms with Crippen LogP contribution in [0.15, 0.2) is 120 Å². The van der Waals surface area contributed by atoms with Gasteiger partial charge in [0.2, 0.25) is 0 Å². The molecule has 0 aliphatic rings. The van der Waals surface area contributed by atoms with Gasteiger partial charge in [-0.1, -0.05) is 130 Å². The van der Waals surface area contributed by atoms with Gasteiger partial charge in [-0.3, -0.25) is 9.55 Å². The molecule has 4 nitrogen and oxygen atoms in total.